The van der Waals surface area contributed by atoms with E-state index in [4.69, 9.17) is 4.74 Å². The van der Waals surface area contributed by atoms with Crippen molar-refractivity contribution in [2.24, 2.45) is 7.05 Å². The van der Waals surface area contributed by atoms with Gasteiger partial charge in [-0.05, 0) is 28.1 Å². The molecule has 0 aliphatic rings. The number of benzene rings is 1. The third kappa shape index (κ3) is 3.38. The first-order valence-electron chi connectivity index (χ1n) is 6.21. The summed E-state index contributed by atoms with van der Waals surface area (Å²) in [6, 6.07) is 9.32. The van der Waals surface area contributed by atoms with Crippen LogP contribution in [0.2, 0.25) is 0 Å². The molecule has 0 saturated carbocycles. The van der Waals surface area contributed by atoms with Crippen LogP contribution in [0.3, 0.4) is 0 Å². The van der Waals surface area contributed by atoms with E-state index < -0.39 is 0 Å². The summed E-state index contributed by atoms with van der Waals surface area (Å²) < 4.78 is 8.31. The molecule has 0 atom stereocenters. The van der Waals surface area contributed by atoms with Gasteiger partial charge in [0.1, 0.15) is 17.9 Å². The van der Waals surface area contributed by atoms with Crippen LogP contribution in [0.1, 0.15) is 0 Å². The Balaban J connectivity index is 1.78. The van der Waals surface area contributed by atoms with E-state index in [1.54, 1.807) is 16.9 Å². The highest BCUT2D eigenvalue weighted by atomic mass is 79.9. The summed E-state index contributed by atoms with van der Waals surface area (Å²) >= 11 is 3.43. The van der Waals surface area contributed by atoms with E-state index in [9.17, 15) is 0 Å². The molecule has 106 valence electrons. The molecule has 0 amide bonds. The highest BCUT2D eigenvalue weighted by Gasteiger charge is 2.05. The van der Waals surface area contributed by atoms with Gasteiger partial charge in [0.25, 0.3) is 0 Å². The fraction of sp³-hybridized carbons (Fsp3) is 0.0714. The van der Waals surface area contributed by atoms with Gasteiger partial charge < -0.3 is 10.1 Å². The molecule has 0 radical (unpaired) electrons. The highest BCUT2D eigenvalue weighted by molar-refractivity contribution is 9.10. The van der Waals surface area contributed by atoms with Crippen molar-refractivity contribution in [1.82, 2.24) is 19.7 Å². The predicted octanol–water partition coefficient (Wildman–Crippen LogP) is 3.51. The Kier molecular flexibility index (Phi) is 3.83. The van der Waals surface area contributed by atoms with Gasteiger partial charge in [-0.25, -0.2) is 9.97 Å². The Bertz CT molecular complexity index is 758. The predicted molar refractivity (Wildman–Crippen MR) is 82.7 cm³/mol. The lowest BCUT2D eigenvalue weighted by Crippen LogP contribution is -1.95. The molecule has 3 rings (SSSR count). The second kappa shape index (κ2) is 5.92. The summed E-state index contributed by atoms with van der Waals surface area (Å²) in [5.74, 6) is 1.80. The van der Waals surface area contributed by atoms with Crippen molar-refractivity contribution in [3.63, 3.8) is 0 Å². The number of halogens is 1. The molecule has 0 saturated heterocycles. The van der Waals surface area contributed by atoms with E-state index in [0.29, 0.717) is 17.4 Å². The van der Waals surface area contributed by atoms with Crippen molar-refractivity contribution in [3.8, 4) is 11.6 Å². The zero-order valence-corrected chi connectivity index (χ0v) is 12.8. The summed E-state index contributed by atoms with van der Waals surface area (Å²) in [5, 5.41) is 7.23. The number of hydrogen-bond acceptors (Lipinski definition) is 5. The molecule has 1 aromatic carbocycles. The van der Waals surface area contributed by atoms with Crippen molar-refractivity contribution in [1.29, 1.82) is 0 Å². The molecule has 3 aromatic rings. The van der Waals surface area contributed by atoms with Gasteiger partial charge in [0, 0.05) is 19.3 Å². The quantitative estimate of drug-likeness (QED) is 0.783. The lowest BCUT2D eigenvalue weighted by Gasteiger charge is -2.08. The van der Waals surface area contributed by atoms with Gasteiger partial charge in [-0.3, -0.25) is 4.68 Å². The molecule has 0 aliphatic heterocycles. The van der Waals surface area contributed by atoms with Crippen molar-refractivity contribution < 1.29 is 4.74 Å². The number of para-hydroxylation sites is 1. The second-order valence-corrected chi connectivity index (χ2v) is 5.16. The van der Waals surface area contributed by atoms with E-state index in [2.05, 4.69) is 36.3 Å². The van der Waals surface area contributed by atoms with Crippen LogP contribution in [0.15, 0.2) is 53.5 Å². The molecule has 0 bridgehead atoms. The lowest BCUT2D eigenvalue weighted by molar-refractivity contribution is 0.459. The van der Waals surface area contributed by atoms with Crippen LogP contribution >= 0.6 is 15.9 Å². The zero-order valence-electron chi connectivity index (χ0n) is 11.2. The first-order chi connectivity index (χ1) is 10.2. The molecule has 2 heterocycles. The van der Waals surface area contributed by atoms with E-state index >= 15 is 0 Å². The molecule has 7 heteroatoms. The number of hydrogen-bond donors (Lipinski definition) is 1. The summed E-state index contributed by atoms with van der Waals surface area (Å²) in [5.41, 5.74) is 0.850. The van der Waals surface area contributed by atoms with Crippen LogP contribution in [0.4, 0.5) is 11.5 Å². The van der Waals surface area contributed by atoms with Gasteiger partial charge in [0.05, 0.1) is 16.4 Å². The Hall–Kier alpha value is -2.41. The van der Waals surface area contributed by atoms with Crippen molar-refractivity contribution in [2.45, 2.75) is 0 Å². The monoisotopic (exact) mass is 345 g/mol. The smallest absolute Gasteiger partial charge is 0.224 e. The minimum Gasteiger partial charge on any atom is -0.438 e. The third-order valence-electron chi connectivity index (χ3n) is 2.67. The molecule has 0 spiro atoms. The molecular weight excluding hydrogens is 334 g/mol. The number of aromatic nitrogens is 4. The Labute approximate surface area is 129 Å². The van der Waals surface area contributed by atoms with Crippen molar-refractivity contribution in [2.75, 3.05) is 5.32 Å². The normalized spacial score (nSPS) is 10.4. The fourth-order valence-electron chi connectivity index (χ4n) is 1.74. The van der Waals surface area contributed by atoms with Gasteiger partial charge in [-0.2, -0.15) is 5.10 Å². The molecular formula is C14H12BrN5O. The Morgan fingerprint density at radius 3 is 2.86 bits per heavy atom. The molecule has 6 nitrogen and oxygen atoms in total. The van der Waals surface area contributed by atoms with Gasteiger partial charge in [-0.15, -0.1) is 0 Å². The van der Waals surface area contributed by atoms with Gasteiger partial charge >= 0.3 is 0 Å². The maximum atomic E-state index is 5.73. The van der Waals surface area contributed by atoms with E-state index in [-0.39, 0.29) is 0 Å². The molecule has 0 aliphatic carbocycles. The number of ether oxygens (including phenoxy) is 1. The van der Waals surface area contributed by atoms with Crippen molar-refractivity contribution >= 4 is 27.4 Å². The van der Waals surface area contributed by atoms with Crippen LogP contribution in [-0.4, -0.2) is 19.7 Å². The molecule has 1 N–H and O–H groups in total. The number of anilines is 2. The topological polar surface area (TPSA) is 64.9 Å². The summed E-state index contributed by atoms with van der Waals surface area (Å²) in [6.07, 6.45) is 5.03. The number of aryl methyl sites for hydroxylation is 1. The summed E-state index contributed by atoms with van der Waals surface area (Å²) in [4.78, 5) is 8.26. The lowest BCUT2D eigenvalue weighted by atomic mass is 10.3. The maximum Gasteiger partial charge on any atom is 0.224 e. The zero-order chi connectivity index (χ0) is 14.7. The average Bonchev–Trinajstić information content (AvgIpc) is 2.87. The average molecular weight is 346 g/mol. The third-order valence-corrected chi connectivity index (χ3v) is 3.33. The van der Waals surface area contributed by atoms with Crippen LogP contribution in [0.5, 0.6) is 11.6 Å². The van der Waals surface area contributed by atoms with Gasteiger partial charge in [-0.1, -0.05) is 12.1 Å². The van der Waals surface area contributed by atoms with Crippen LogP contribution in [0.25, 0.3) is 0 Å². The maximum absolute atomic E-state index is 5.73. The Morgan fingerprint density at radius 2 is 2.10 bits per heavy atom. The fourth-order valence-corrected chi connectivity index (χ4v) is 2.10. The summed E-state index contributed by atoms with van der Waals surface area (Å²) in [7, 11) is 1.85. The van der Waals surface area contributed by atoms with Crippen LogP contribution < -0.4 is 10.1 Å². The van der Waals surface area contributed by atoms with E-state index in [0.717, 1.165) is 10.2 Å². The number of nitrogens with one attached hydrogen (secondary N) is 1. The largest absolute Gasteiger partial charge is 0.438 e. The Morgan fingerprint density at radius 1 is 1.24 bits per heavy atom. The minimum absolute atomic E-state index is 0.461. The number of rotatable bonds is 4. The van der Waals surface area contributed by atoms with Gasteiger partial charge in [0.15, 0.2) is 0 Å². The highest BCUT2D eigenvalue weighted by Crippen LogP contribution is 2.28. The minimum atomic E-state index is 0.461. The molecule has 0 unspecified atom stereocenters. The standard InChI is InChI=1S/C14H12BrN5O/c1-20-8-10(7-18-20)19-13-6-14(17-9-16-13)21-12-5-3-2-4-11(12)15/h2-9H,1H3,(H,16,17,19). The first kappa shape index (κ1) is 13.6. The summed E-state index contributed by atoms with van der Waals surface area (Å²) in [6.45, 7) is 0. The SMILES string of the molecule is Cn1cc(Nc2cc(Oc3ccccc3Br)ncn2)cn1. The van der Waals surface area contributed by atoms with E-state index in [1.165, 1.54) is 6.33 Å². The van der Waals surface area contributed by atoms with Gasteiger partial charge in [0.2, 0.25) is 5.88 Å². The second-order valence-electron chi connectivity index (χ2n) is 4.30. The number of nitrogens with zero attached hydrogens (tertiary/aromatic N) is 4. The van der Waals surface area contributed by atoms with E-state index in [1.807, 2.05) is 37.5 Å². The van der Waals surface area contributed by atoms with Crippen LogP contribution in [-0.2, 0) is 7.05 Å². The van der Waals surface area contributed by atoms with Crippen LogP contribution in [0, 0.1) is 0 Å². The molecule has 21 heavy (non-hydrogen) atoms. The first-order valence-corrected chi connectivity index (χ1v) is 7.00. The molecule has 2 aromatic heterocycles. The van der Waals surface area contributed by atoms with Crippen molar-refractivity contribution in [3.05, 3.63) is 53.5 Å². The molecule has 0 fully saturated rings.